The van der Waals surface area contributed by atoms with E-state index in [1.54, 1.807) is 0 Å². The molecule has 1 nitrogen and oxygen atoms in total. The Balaban J connectivity index is 3.02. The second kappa shape index (κ2) is 4.41. The first-order valence-corrected chi connectivity index (χ1v) is 4.05. The Labute approximate surface area is 78.5 Å². The van der Waals surface area contributed by atoms with Gasteiger partial charge in [0.05, 0.1) is 0 Å². The van der Waals surface area contributed by atoms with Gasteiger partial charge in [0, 0.05) is 11.6 Å². The van der Waals surface area contributed by atoms with Crippen molar-refractivity contribution < 1.29 is 17.6 Å². The van der Waals surface area contributed by atoms with Gasteiger partial charge in [-0.3, -0.25) is 0 Å². The molecule has 1 unspecified atom stereocenters. The summed E-state index contributed by atoms with van der Waals surface area (Å²) < 4.78 is 51.1. The standard InChI is InChI=1S/C9H9F4N/c10-6(1-2-14)5-3-8(12)9(13)4-7(5)11/h3-4,6H,1-2,14H2. The molecule has 1 rings (SSSR count). The van der Waals surface area contributed by atoms with E-state index in [-0.39, 0.29) is 13.0 Å². The average Bonchev–Trinajstić information content (AvgIpc) is 2.11. The highest BCUT2D eigenvalue weighted by atomic mass is 19.2. The van der Waals surface area contributed by atoms with E-state index in [0.717, 1.165) is 0 Å². The van der Waals surface area contributed by atoms with E-state index in [1.807, 2.05) is 0 Å². The largest absolute Gasteiger partial charge is 0.330 e. The Hall–Kier alpha value is -1.10. The molecule has 0 aromatic heterocycles. The molecule has 0 saturated heterocycles. The van der Waals surface area contributed by atoms with Crippen LogP contribution in [-0.2, 0) is 0 Å². The predicted octanol–water partition coefficient (Wildman–Crippen LogP) is 2.46. The summed E-state index contributed by atoms with van der Waals surface area (Å²) in [6.45, 7) is 0.0135. The van der Waals surface area contributed by atoms with Crippen LogP contribution in [0.4, 0.5) is 17.6 Å². The fourth-order valence-corrected chi connectivity index (χ4v) is 1.08. The zero-order valence-electron chi connectivity index (χ0n) is 7.24. The van der Waals surface area contributed by atoms with Crippen LogP contribution >= 0.6 is 0 Å². The Bertz CT molecular complexity index is 327. The Morgan fingerprint density at radius 3 is 2.21 bits per heavy atom. The first-order valence-electron chi connectivity index (χ1n) is 4.05. The van der Waals surface area contributed by atoms with Gasteiger partial charge in [-0.1, -0.05) is 0 Å². The molecule has 0 heterocycles. The van der Waals surface area contributed by atoms with Crippen LogP contribution in [0.3, 0.4) is 0 Å². The molecule has 1 aromatic carbocycles. The minimum atomic E-state index is -1.70. The fraction of sp³-hybridized carbons (Fsp3) is 0.333. The van der Waals surface area contributed by atoms with Crippen LogP contribution in [0.1, 0.15) is 18.2 Å². The highest BCUT2D eigenvalue weighted by molar-refractivity contribution is 5.22. The first kappa shape index (κ1) is 11.0. The van der Waals surface area contributed by atoms with Gasteiger partial charge in [-0.2, -0.15) is 0 Å². The summed E-state index contributed by atoms with van der Waals surface area (Å²) in [5, 5.41) is 0. The molecule has 0 aliphatic heterocycles. The van der Waals surface area contributed by atoms with E-state index in [4.69, 9.17) is 5.73 Å². The van der Waals surface area contributed by atoms with E-state index in [2.05, 4.69) is 0 Å². The van der Waals surface area contributed by atoms with Crippen molar-refractivity contribution in [3.8, 4) is 0 Å². The third-order valence-corrected chi connectivity index (χ3v) is 1.80. The average molecular weight is 207 g/mol. The fourth-order valence-electron chi connectivity index (χ4n) is 1.08. The lowest BCUT2D eigenvalue weighted by Gasteiger charge is -2.08. The zero-order valence-corrected chi connectivity index (χ0v) is 7.24. The lowest BCUT2D eigenvalue weighted by molar-refractivity contribution is 0.314. The number of halogens is 4. The molecule has 1 aromatic rings. The molecule has 14 heavy (non-hydrogen) atoms. The molecule has 0 radical (unpaired) electrons. The SMILES string of the molecule is NCCC(F)c1cc(F)c(F)cc1F. The number of hydrogen-bond acceptors (Lipinski definition) is 1. The van der Waals surface area contributed by atoms with E-state index in [1.165, 1.54) is 0 Å². The van der Waals surface area contributed by atoms with Gasteiger partial charge in [0.1, 0.15) is 12.0 Å². The summed E-state index contributed by atoms with van der Waals surface area (Å²) in [4.78, 5) is 0. The Morgan fingerprint density at radius 2 is 1.64 bits per heavy atom. The lowest BCUT2D eigenvalue weighted by Crippen LogP contribution is -2.06. The number of benzene rings is 1. The molecule has 1 atom stereocenters. The second-order valence-electron chi connectivity index (χ2n) is 2.83. The molecular weight excluding hydrogens is 198 g/mol. The van der Waals surface area contributed by atoms with E-state index in [9.17, 15) is 17.6 Å². The van der Waals surface area contributed by atoms with Crippen LogP contribution in [-0.4, -0.2) is 6.54 Å². The minimum absolute atomic E-state index is 0.0135. The van der Waals surface area contributed by atoms with Crippen molar-refractivity contribution in [2.24, 2.45) is 5.73 Å². The quantitative estimate of drug-likeness (QED) is 0.598. The molecule has 78 valence electrons. The molecule has 0 amide bonds. The number of hydrogen-bond donors (Lipinski definition) is 1. The third kappa shape index (κ3) is 2.23. The Morgan fingerprint density at radius 1 is 1.07 bits per heavy atom. The van der Waals surface area contributed by atoms with Crippen LogP contribution in [0.2, 0.25) is 0 Å². The van der Waals surface area contributed by atoms with Crippen LogP contribution in [0.25, 0.3) is 0 Å². The smallest absolute Gasteiger partial charge is 0.161 e. The summed E-state index contributed by atoms with van der Waals surface area (Å²) in [6, 6.07) is 0.846. The van der Waals surface area contributed by atoms with Crippen molar-refractivity contribution >= 4 is 0 Å². The monoisotopic (exact) mass is 207 g/mol. The summed E-state index contributed by atoms with van der Waals surface area (Å²) in [5.74, 6) is -3.68. The number of nitrogens with two attached hydrogens (primary N) is 1. The topological polar surface area (TPSA) is 26.0 Å². The number of rotatable bonds is 3. The van der Waals surface area contributed by atoms with Gasteiger partial charge in [-0.25, -0.2) is 17.6 Å². The van der Waals surface area contributed by atoms with Crippen molar-refractivity contribution in [3.63, 3.8) is 0 Å². The molecule has 0 saturated carbocycles. The van der Waals surface area contributed by atoms with Crippen molar-refractivity contribution in [1.82, 2.24) is 0 Å². The number of alkyl halides is 1. The van der Waals surface area contributed by atoms with Crippen LogP contribution in [0, 0.1) is 17.5 Å². The van der Waals surface area contributed by atoms with Crippen LogP contribution in [0.15, 0.2) is 12.1 Å². The van der Waals surface area contributed by atoms with Crippen molar-refractivity contribution in [3.05, 3.63) is 35.1 Å². The molecule has 0 aliphatic rings. The van der Waals surface area contributed by atoms with Gasteiger partial charge in [-0.15, -0.1) is 0 Å². The molecule has 0 spiro atoms. The van der Waals surface area contributed by atoms with Gasteiger partial charge in [0.25, 0.3) is 0 Å². The van der Waals surface area contributed by atoms with Crippen LogP contribution < -0.4 is 5.73 Å². The molecule has 0 bridgehead atoms. The Kier molecular flexibility index (Phi) is 3.46. The summed E-state index contributed by atoms with van der Waals surface area (Å²) in [6.07, 6.45) is -1.82. The van der Waals surface area contributed by atoms with Crippen molar-refractivity contribution in [1.29, 1.82) is 0 Å². The van der Waals surface area contributed by atoms with Crippen LogP contribution in [0.5, 0.6) is 0 Å². The van der Waals surface area contributed by atoms with Gasteiger partial charge >= 0.3 is 0 Å². The molecule has 2 N–H and O–H groups in total. The minimum Gasteiger partial charge on any atom is -0.330 e. The maximum atomic E-state index is 13.1. The highest BCUT2D eigenvalue weighted by Gasteiger charge is 2.17. The first-order chi connectivity index (χ1) is 6.56. The summed E-state index contributed by atoms with van der Waals surface area (Å²) in [7, 11) is 0. The molecule has 5 heteroatoms. The summed E-state index contributed by atoms with van der Waals surface area (Å²) >= 11 is 0. The second-order valence-corrected chi connectivity index (χ2v) is 2.83. The normalized spacial score (nSPS) is 12.9. The van der Waals surface area contributed by atoms with E-state index >= 15 is 0 Å². The van der Waals surface area contributed by atoms with E-state index in [0.29, 0.717) is 12.1 Å². The van der Waals surface area contributed by atoms with Crippen molar-refractivity contribution in [2.75, 3.05) is 6.54 Å². The van der Waals surface area contributed by atoms with E-state index < -0.39 is 29.2 Å². The van der Waals surface area contributed by atoms with Gasteiger partial charge in [0.15, 0.2) is 11.6 Å². The van der Waals surface area contributed by atoms with Gasteiger partial charge in [-0.05, 0) is 19.0 Å². The molecule has 0 fully saturated rings. The highest BCUT2D eigenvalue weighted by Crippen LogP contribution is 2.25. The lowest BCUT2D eigenvalue weighted by atomic mass is 10.1. The third-order valence-electron chi connectivity index (χ3n) is 1.80. The predicted molar refractivity (Wildman–Crippen MR) is 43.8 cm³/mol. The molecular formula is C9H9F4N. The summed E-state index contributed by atoms with van der Waals surface area (Å²) in [5.41, 5.74) is 4.56. The zero-order chi connectivity index (χ0) is 10.7. The van der Waals surface area contributed by atoms with Gasteiger partial charge < -0.3 is 5.73 Å². The maximum absolute atomic E-state index is 13.1. The molecule has 0 aliphatic carbocycles. The maximum Gasteiger partial charge on any atom is 0.161 e. The van der Waals surface area contributed by atoms with Gasteiger partial charge in [0.2, 0.25) is 0 Å². The van der Waals surface area contributed by atoms with Crippen molar-refractivity contribution in [2.45, 2.75) is 12.6 Å².